The van der Waals surface area contributed by atoms with Crippen molar-refractivity contribution in [3.05, 3.63) is 70.8 Å². The molecular weight excluding hydrogens is 412 g/mol. The molecule has 0 atom stereocenters. The van der Waals surface area contributed by atoms with Crippen LogP contribution in [-0.4, -0.2) is 32.8 Å². The molecule has 0 spiro atoms. The van der Waals surface area contributed by atoms with Crippen molar-refractivity contribution in [1.82, 2.24) is 9.47 Å². The molecule has 0 radical (unpaired) electrons. The van der Waals surface area contributed by atoms with Gasteiger partial charge in [-0.25, -0.2) is 0 Å². The molecule has 1 saturated heterocycles. The Morgan fingerprint density at radius 3 is 2.63 bits per heavy atom. The number of nitrogens with zero attached hydrogens (tertiary/aromatic N) is 2. The van der Waals surface area contributed by atoms with Gasteiger partial charge < -0.3 is 9.30 Å². The van der Waals surface area contributed by atoms with Crippen LogP contribution in [0.15, 0.2) is 59.6 Å². The Morgan fingerprint density at radius 2 is 1.90 bits per heavy atom. The second-order valence-corrected chi connectivity index (χ2v) is 8.91. The number of likely N-dealkylation sites (N-methyl/N-ethyl adjacent to an activating group) is 1. The number of thiocarbonyl (C=S) groups is 1. The lowest BCUT2D eigenvalue weighted by atomic mass is 10.1. The Labute approximate surface area is 186 Å². The van der Waals surface area contributed by atoms with Gasteiger partial charge in [-0.2, -0.15) is 0 Å². The number of para-hydroxylation sites is 1. The average molecular weight is 437 g/mol. The van der Waals surface area contributed by atoms with Crippen LogP contribution in [0, 0.1) is 6.92 Å². The quantitative estimate of drug-likeness (QED) is 0.273. The van der Waals surface area contributed by atoms with E-state index in [4.69, 9.17) is 17.0 Å². The van der Waals surface area contributed by atoms with E-state index in [0.717, 1.165) is 35.2 Å². The number of benzene rings is 2. The number of ether oxygens (including phenoxy) is 1. The van der Waals surface area contributed by atoms with Gasteiger partial charge in [0.1, 0.15) is 10.1 Å². The molecule has 1 amide bonds. The monoisotopic (exact) mass is 436 g/mol. The van der Waals surface area contributed by atoms with Crippen molar-refractivity contribution in [2.24, 2.45) is 0 Å². The van der Waals surface area contributed by atoms with Crippen LogP contribution in [0.2, 0.25) is 0 Å². The number of aryl methyl sites for hydroxylation is 2. The summed E-state index contributed by atoms with van der Waals surface area (Å²) in [6, 6.07) is 16.4. The number of aromatic nitrogens is 1. The fraction of sp³-hybridized carbons (Fsp3) is 0.250. The summed E-state index contributed by atoms with van der Waals surface area (Å²) in [5.41, 5.74) is 3.43. The van der Waals surface area contributed by atoms with Gasteiger partial charge in [0.25, 0.3) is 5.91 Å². The van der Waals surface area contributed by atoms with Crippen molar-refractivity contribution in [3.8, 4) is 5.75 Å². The highest BCUT2D eigenvalue weighted by atomic mass is 32.2. The van der Waals surface area contributed by atoms with E-state index in [2.05, 4.69) is 42.0 Å². The highest BCUT2D eigenvalue weighted by Crippen LogP contribution is 2.34. The van der Waals surface area contributed by atoms with E-state index in [1.807, 2.05) is 37.3 Å². The van der Waals surface area contributed by atoms with Crippen LogP contribution in [0.3, 0.4) is 0 Å². The molecule has 1 aromatic heterocycles. The lowest BCUT2D eigenvalue weighted by Gasteiger charge is -2.09. The molecule has 4 nitrogen and oxygen atoms in total. The van der Waals surface area contributed by atoms with Crippen LogP contribution >= 0.6 is 24.0 Å². The highest BCUT2D eigenvalue weighted by Gasteiger charge is 2.30. The first-order valence-corrected chi connectivity index (χ1v) is 11.3. The van der Waals surface area contributed by atoms with Crippen LogP contribution in [0.4, 0.5) is 0 Å². The topological polar surface area (TPSA) is 34.5 Å². The normalized spacial score (nSPS) is 15.5. The van der Waals surface area contributed by atoms with Gasteiger partial charge in [-0.05, 0) is 44.5 Å². The predicted molar refractivity (Wildman–Crippen MR) is 129 cm³/mol. The van der Waals surface area contributed by atoms with E-state index in [9.17, 15) is 4.79 Å². The van der Waals surface area contributed by atoms with Crippen molar-refractivity contribution >= 4 is 51.2 Å². The number of hydrogen-bond donors (Lipinski definition) is 0. The summed E-state index contributed by atoms with van der Waals surface area (Å²) in [6.07, 6.45) is 4.98. The SMILES string of the molecule is CCN1C(=O)C(=Cc2cn(CCCOc3ccc(C)cc3)c3ccccc23)SC1=S. The maximum absolute atomic E-state index is 12.6. The number of rotatable bonds is 7. The van der Waals surface area contributed by atoms with E-state index in [1.165, 1.54) is 17.3 Å². The second kappa shape index (κ2) is 9.06. The maximum Gasteiger partial charge on any atom is 0.266 e. The molecule has 0 bridgehead atoms. The fourth-order valence-corrected chi connectivity index (χ4v) is 4.92. The summed E-state index contributed by atoms with van der Waals surface area (Å²) in [5.74, 6) is 0.896. The van der Waals surface area contributed by atoms with Gasteiger partial charge in [-0.15, -0.1) is 0 Å². The summed E-state index contributed by atoms with van der Waals surface area (Å²) >= 11 is 6.72. The Bertz CT molecular complexity index is 1120. The molecule has 3 aromatic rings. The first-order valence-electron chi connectivity index (χ1n) is 10.1. The lowest BCUT2D eigenvalue weighted by molar-refractivity contribution is -0.121. The molecule has 0 unspecified atom stereocenters. The van der Waals surface area contributed by atoms with Gasteiger partial charge in [-0.1, -0.05) is 59.9 Å². The molecule has 6 heteroatoms. The Morgan fingerprint density at radius 1 is 1.13 bits per heavy atom. The van der Waals surface area contributed by atoms with E-state index in [0.29, 0.717) is 22.4 Å². The standard InChI is InChI=1S/C24H24N2O2S2/c1-3-26-23(27)22(30-24(26)29)15-18-16-25(21-8-5-4-7-20(18)21)13-6-14-28-19-11-9-17(2)10-12-19/h4-5,7-12,15-16H,3,6,13-14H2,1-2H3. The van der Waals surface area contributed by atoms with Gasteiger partial charge in [0, 0.05) is 35.8 Å². The molecule has 30 heavy (non-hydrogen) atoms. The number of amides is 1. The molecule has 4 rings (SSSR count). The number of carbonyl (C=O) groups is 1. The van der Waals surface area contributed by atoms with E-state index < -0.39 is 0 Å². The second-order valence-electron chi connectivity index (χ2n) is 7.24. The number of hydrogen-bond acceptors (Lipinski definition) is 4. The summed E-state index contributed by atoms with van der Waals surface area (Å²) < 4.78 is 8.73. The Hall–Kier alpha value is -2.57. The van der Waals surface area contributed by atoms with Crippen LogP contribution in [-0.2, 0) is 11.3 Å². The summed E-state index contributed by atoms with van der Waals surface area (Å²) in [7, 11) is 0. The van der Waals surface area contributed by atoms with Gasteiger partial charge >= 0.3 is 0 Å². The lowest BCUT2D eigenvalue weighted by Crippen LogP contribution is -2.27. The van der Waals surface area contributed by atoms with Crippen molar-refractivity contribution in [2.45, 2.75) is 26.8 Å². The maximum atomic E-state index is 12.6. The molecular formula is C24H24N2O2S2. The van der Waals surface area contributed by atoms with E-state index >= 15 is 0 Å². The van der Waals surface area contributed by atoms with Crippen LogP contribution in [0.1, 0.15) is 24.5 Å². The van der Waals surface area contributed by atoms with Gasteiger partial charge in [0.05, 0.1) is 11.5 Å². The molecule has 1 fully saturated rings. The van der Waals surface area contributed by atoms with Crippen LogP contribution < -0.4 is 4.74 Å². The molecule has 0 saturated carbocycles. The minimum atomic E-state index is -0.00386. The van der Waals surface area contributed by atoms with Crippen molar-refractivity contribution in [1.29, 1.82) is 0 Å². The minimum absolute atomic E-state index is 0.00386. The first-order chi connectivity index (χ1) is 14.6. The van der Waals surface area contributed by atoms with E-state index in [-0.39, 0.29) is 5.91 Å². The van der Waals surface area contributed by atoms with Crippen molar-refractivity contribution in [2.75, 3.05) is 13.2 Å². The Balaban J connectivity index is 1.50. The van der Waals surface area contributed by atoms with Crippen molar-refractivity contribution < 1.29 is 9.53 Å². The third-order valence-corrected chi connectivity index (χ3v) is 6.51. The van der Waals surface area contributed by atoms with E-state index in [1.54, 1.807) is 4.90 Å². The molecule has 1 aliphatic heterocycles. The molecule has 0 aliphatic carbocycles. The number of carbonyl (C=O) groups excluding carboxylic acids is 1. The highest BCUT2D eigenvalue weighted by molar-refractivity contribution is 8.26. The largest absolute Gasteiger partial charge is 0.494 e. The zero-order valence-corrected chi connectivity index (χ0v) is 18.8. The fourth-order valence-electron chi connectivity index (χ4n) is 3.55. The number of fused-ring (bicyclic) bond motifs is 1. The smallest absolute Gasteiger partial charge is 0.266 e. The zero-order valence-electron chi connectivity index (χ0n) is 17.1. The molecule has 2 aromatic carbocycles. The van der Waals surface area contributed by atoms with Gasteiger partial charge in [-0.3, -0.25) is 9.69 Å². The molecule has 0 N–H and O–H groups in total. The predicted octanol–water partition coefficient (Wildman–Crippen LogP) is 5.64. The third-order valence-electron chi connectivity index (χ3n) is 5.13. The Kier molecular flexibility index (Phi) is 6.25. The molecule has 2 heterocycles. The summed E-state index contributed by atoms with van der Waals surface area (Å²) in [5, 5.41) is 1.14. The van der Waals surface area contributed by atoms with Gasteiger partial charge in [0.2, 0.25) is 0 Å². The summed E-state index contributed by atoms with van der Waals surface area (Å²) in [6.45, 7) is 6.11. The minimum Gasteiger partial charge on any atom is -0.494 e. The summed E-state index contributed by atoms with van der Waals surface area (Å²) in [4.78, 5) is 14.9. The molecule has 1 aliphatic rings. The van der Waals surface area contributed by atoms with Crippen molar-refractivity contribution in [3.63, 3.8) is 0 Å². The van der Waals surface area contributed by atoms with Gasteiger partial charge in [0.15, 0.2) is 0 Å². The molecule has 154 valence electrons. The van der Waals surface area contributed by atoms with Crippen LogP contribution in [0.5, 0.6) is 5.75 Å². The zero-order chi connectivity index (χ0) is 21.1. The third kappa shape index (κ3) is 4.30. The number of thioether (sulfide) groups is 1. The average Bonchev–Trinajstić information content (AvgIpc) is 3.23. The van der Waals surface area contributed by atoms with Crippen LogP contribution in [0.25, 0.3) is 17.0 Å². The first kappa shape index (κ1) is 20.7.